The van der Waals surface area contributed by atoms with Crippen molar-refractivity contribution in [2.24, 2.45) is 0 Å². The van der Waals surface area contributed by atoms with Gasteiger partial charge in [-0.15, -0.1) is 11.3 Å². The Hall–Kier alpha value is -2.09. The van der Waals surface area contributed by atoms with E-state index in [1.807, 2.05) is 39.9 Å². The number of amides is 1. The van der Waals surface area contributed by atoms with Gasteiger partial charge in [0.2, 0.25) is 0 Å². The van der Waals surface area contributed by atoms with E-state index in [1.54, 1.807) is 32.7 Å². The maximum Gasteiger partial charge on any atom is 0.278 e. The third-order valence-electron chi connectivity index (χ3n) is 4.24. The molecule has 0 bridgehead atoms. The molecule has 0 spiro atoms. The maximum absolute atomic E-state index is 12.7. The fourth-order valence-electron chi connectivity index (χ4n) is 2.74. The van der Waals surface area contributed by atoms with Gasteiger partial charge in [-0.25, -0.2) is 0 Å². The number of hydrogen-bond acceptors (Lipinski definition) is 5. The summed E-state index contributed by atoms with van der Waals surface area (Å²) in [6, 6.07) is 9.97. The van der Waals surface area contributed by atoms with Gasteiger partial charge >= 0.3 is 0 Å². The lowest BCUT2D eigenvalue weighted by Crippen LogP contribution is -2.87. The van der Waals surface area contributed by atoms with Gasteiger partial charge < -0.3 is 24.4 Å². The minimum atomic E-state index is 0.139. The van der Waals surface area contributed by atoms with Crippen molar-refractivity contribution in [3.8, 4) is 11.5 Å². The van der Waals surface area contributed by atoms with Crippen LogP contribution in [-0.2, 0) is 22.5 Å². The fraction of sp³-hybridized carbons (Fsp3) is 0.450. The molecular weight excluding hydrogens is 364 g/mol. The third kappa shape index (κ3) is 6.86. The number of methoxy groups -OCH3 is 3. The molecule has 0 aliphatic carbocycles. The van der Waals surface area contributed by atoms with Crippen LogP contribution in [-0.4, -0.2) is 58.4 Å². The van der Waals surface area contributed by atoms with Crippen molar-refractivity contribution in [1.29, 1.82) is 0 Å². The number of hydrogen-bond donors (Lipinski definition) is 1. The van der Waals surface area contributed by atoms with Crippen LogP contribution < -0.4 is 14.8 Å². The van der Waals surface area contributed by atoms with E-state index in [4.69, 9.17) is 14.2 Å². The molecule has 148 valence electrons. The number of carbonyl (C=O) groups excluding carboxylic acids is 1. The van der Waals surface area contributed by atoms with E-state index in [0.29, 0.717) is 37.7 Å². The molecule has 1 aromatic carbocycles. The molecule has 1 heterocycles. The van der Waals surface area contributed by atoms with Gasteiger partial charge in [0.1, 0.15) is 0 Å². The first kappa shape index (κ1) is 21.2. The van der Waals surface area contributed by atoms with Crippen LogP contribution in [0.2, 0.25) is 0 Å². The number of ether oxygens (including phenoxy) is 3. The van der Waals surface area contributed by atoms with Crippen LogP contribution >= 0.6 is 11.3 Å². The maximum atomic E-state index is 12.7. The van der Waals surface area contributed by atoms with Crippen LogP contribution in [0.5, 0.6) is 11.5 Å². The van der Waals surface area contributed by atoms with Crippen LogP contribution in [0, 0.1) is 0 Å². The van der Waals surface area contributed by atoms with Crippen LogP contribution in [0.15, 0.2) is 35.7 Å². The SMILES string of the molecule is COCC[NH2+]CC(=O)N(CCc1ccc(OC)c(OC)c1)Cc1cccs1. The number of thiophene rings is 1. The average molecular weight is 394 g/mol. The summed E-state index contributed by atoms with van der Waals surface area (Å²) in [6.45, 7) is 3.15. The lowest BCUT2D eigenvalue weighted by molar-refractivity contribution is -0.646. The molecule has 6 nitrogen and oxygen atoms in total. The minimum absolute atomic E-state index is 0.139. The van der Waals surface area contributed by atoms with Crippen molar-refractivity contribution in [2.75, 3.05) is 47.6 Å². The molecule has 2 N–H and O–H groups in total. The molecule has 0 saturated heterocycles. The zero-order valence-electron chi connectivity index (χ0n) is 16.3. The van der Waals surface area contributed by atoms with Gasteiger partial charge in [-0.1, -0.05) is 12.1 Å². The summed E-state index contributed by atoms with van der Waals surface area (Å²) in [6.07, 6.45) is 0.759. The number of carbonyl (C=O) groups is 1. The number of nitrogens with zero attached hydrogens (tertiary/aromatic N) is 1. The monoisotopic (exact) mass is 393 g/mol. The smallest absolute Gasteiger partial charge is 0.278 e. The molecule has 0 radical (unpaired) electrons. The third-order valence-corrected chi connectivity index (χ3v) is 5.10. The van der Waals surface area contributed by atoms with Crippen molar-refractivity contribution in [2.45, 2.75) is 13.0 Å². The van der Waals surface area contributed by atoms with E-state index < -0.39 is 0 Å². The molecule has 0 fully saturated rings. The van der Waals surface area contributed by atoms with Gasteiger partial charge in [0.05, 0.1) is 33.9 Å². The second kappa shape index (κ2) is 11.6. The molecule has 0 aliphatic heterocycles. The summed E-state index contributed by atoms with van der Waals surface area (Å²) in [7, 11) is 4.92. The van der Waals surface area contributed by atoms with Crippen LogP contribution in [0.25, 0.3) is 0 Å². The van der Waals surface area contributed by atoms with Gasteiger partial charge in [0, 0.05) is 18.5 Å². The molecule has 0 saturated carbocycles. The second-order valence-corrected chi connectivity index (χ2v) is 7.14. The van der Waals surface area contributed by atoms with E-state index in [0.717, 1.165) is 18.5 Å². The van der Waals surface area contributed by atoms with Crippen LogP contribution in [0.3, 0.4) is 0 Å². The van der Waals surface area contributed by atoms with Crippen molar-refractivity contribution in [3.63, 3.8) is 0 Å². The minimum Gasteiger partial charge on any atom is -0.493 e. The molecule has 0 unspecified atom stereocenters. The summed E-state index contributed by atoms with van der Waals surface area (Å²) in [5, 5.41) is 4.03. The van der Waals surface area contributed by atoms with E-state index in [-0.39, 0.29) is 5.91 Å². The first-order valence-corrected chi connectivity index (χ1v) is 9.87. The highest BCUT2D eigenvalue weighted by atomic mass is 32.1. The predicted octanol–water partition coefficient (Wildman–Crippen LogP) is 1.55. The Bertz CT molecular complexity index is 691. The molecular formula is C20H29N2O4S+. The summed E-state index contributed by atoms with van der Waals surface area (Å²) >= 11 is 1.67. The average Bonchev–Trinajstić information content (AvgIpc) is 3.21. The van der Waals surface area contributed by atoms with Crippen molar-refractivity contribution < 1.29 is 24.3 Å². The summed E-state index contributed by atoms with van der Waals surface area (Å²) in [5.74, 6) is 1.56. The van der Waals surface area contributed by atoms with E-state index in [1.165, 1.54) is 4.88 Å². The van der Waals surface area contributed by atoms with E-state index >= 15 is 0 Å². The number of quaternary nitrogens is 1. The van der Waals surface area contributed by atoms with Gasteiger partial charge in [0.25, 0.3) is 5.91 Å². The molecule has 7 heteroatoms. The normalized spacial score (nSPS) is 10.6. The van der Waals surface area contributed by atoms with Gasteiger partial charge in [0.15, 0.2) is 18.0 Å². The number of rotatable bonds is 12. The van der Waals surface area contributed by atoms with Crippen molar-refractivity contribution in [3.05, 3.63) is 46.2 Å². The summed E-state index contributed by atoms with van der Waals surface area (Å²) in [5.41, 5.74) is 1.11. The lowest BCUT2D eigenvalue weighted by atomic mass is 10.1. The molecule has 1 aromatic heterocycles. The standard InChI is InChI=1S/C20H28N2O4S/c1-24-11-9-21-14-20(23)22(15-17-5-4-12-27-17)10-8-16-6-7-18(25-2)19(13-16)26-3/h4-7,12-13,21H,8-11,14-15H2,1-3H3/p+1. The van der Waals surface area contributed by atoms with Gasteiger partial charge in [-0.2, -0.15) is 0 Å². The Balaban J connectivity index is 1.99. The Morgan fingerprint density at radius 2 is 1.96 bits per heavy atom. The first-order chi connectivity index (χ1) is 13.2. The Morgan fingerprint density at radius 1 is 1.15 bits per heavy atom. The van der Waals surface area contributed by atoms with E-state index in [2.05, 4.69) is 6.07 Å². The lowest BCUT2D eigenvalue weighted by Gasteiger charge is -2.22. The number of nitrogens with two attached hydrogens (primary N) is 1. The topological polar surface area (TPSA) is 64.6 Å². The predicted molar refractivity (Wildman–Crippen MR) is 107 cm³/mol. The Kier molecular flexibility index (Phi) is 9.10. The molecule has 2 aromatic rings. The molecule has 0 aliphatic rings. The Labute approximate surface area is 165 Å². The Morgan fingerprint density at radius 3 is 2.63 bits per heavy atom. The zero-order chi connectivity index (χ0) is 19.5. The second-order valence-electron chi connectivity index (χ2n) is 6.11. The summed E-state index contributed by atoms with van der Waals surface area (Å²) < 4.78 is 15.7. The molecule has 2 rings (SSSR count). The molecule has 1 amide bonds. The van der Waals surface area contributed by atoms with Gasteiger partial charge in [-0.3, -0.25) is 4.79 Å². The van der Waals surface area contributed by atoms with Crippen LogP contribution in [0.4, 0.5) is 0 Å². The zero-order valence-corrected chi connectivity index (χ0v) is 17.1. The highest BCUT2D eigenvalue weighted by molar-refractivity contribution is 7.09. The molecule has 0 atom stereocenters. The highest BCUT2D eigenvalue weighted by Crippen LogP contribution is 2.27. The highest BCUT2D eigenvalue weighted by Gasteiger charge is 2.16. The van der Waals surface area contributed by atoms with Crippen molar-refractivity contribution in [1.82, 2.24) is 4.90 Å². The fourth-order valence-corrected chi connectivity index (χ4v) is 3.46. The largest absolute Gasteiger partial charge is 0.493 e. The number of benzene rings is 1. The van der Waals surface area contributed by atoms with Crippen molar-refractivity contribution >= 4 is 17.2 Å². The molecule has 27 heavy (non-hydrogen) atoms. The van der Waals surface area contributed by atoms with Gasteiger partial charge in [-0.05, 0) is 35.6 Å². The van der Waals surface area contributed by atoms with E-state index in [9.17, 15) is 4.79 Å². The summed E-state index contributed by atoms with van der Waals surface area (Å²) in [4.78, 5) is 15.8. The van der Waals surface area contributed by atoms with Crippen LogP contribution in [0.1, 0.15) is 10.4 Å². The quantitative estimate of drug-likeness (QED) is 0.556. The first-order valence-electron chi connectivity index (χ1n) is 8.99.